The summed E-state index contributed by atoms with van der Waals surface area (Å²) < 4.78 is 0. The van der Waals surface area contributed by atoms with Crippen molar-refractivity contribution in [2.24, 2.45) is 0 Å². The number of nitriles is 1. The van der Waals surface area contributed by atoms with E-state index < -0.39 is 0 Å². The molecule has 2 aromatic carbocycles. The fraction of sp³-hybridized carbons (Fsp3) is 0.333. The van der Waals surface area contributed by atoms with Gasteiger partial charge in [0.15, 0.2) is 0 Å². The van der Waals surface area contributed by atoms with Crippen LogP contribution in [-0.4, -0.2) is 34.9 Å². The molecule has 2 N–H and O–H groups in total. The third-order valence-corrected chi connectivity index (χ3v) is 6.61. The molecule has 2 heterocycles. The van der Waals surface area contributed by atoms with Gasteiger partial charge in [0.2, 0.25) is 0 Å². The van der Waals surface area contributed by atoms with Gasteiger partial charge in [0.25, 0.3) is 11.8 Å². The molecule has 0 bridgehead atoms. The number of nitrogens with zero attached hydrogens (tertiary/aromatic N) is 3. The maximum Gasteiger partial charge on any atom is 0.265 e. The highest BCUT2D eigenvalue weighted by Crippen LogP contribution is 2.27. The number of hydrazine groups is 1. The van der Waals surface area contributed by atoms with Gasteiger partial charge in [0, 0.05) is 35.5 Å². The van der Waals surface area contributed by atoms with Crippen LogP contribution in [-0.2, 0) is 5.41 Å². The minimum Gasteiger partial charge on any atom is -0.321 e. The Morgan fingerprint density at radius 1 is 0.946 bits per heavy atom. The zero-order chi connectivity index (χ0) is 26.6. The van der Waals surface area contributed by atoms with E-state index in [1.807, 2.05) is 63.0 Å². The first-order valence-electron chi connectivity index (χ1n) is 12.6. The topological polar surface area (TPSA) is 98.1 Å². The van der Waals surface area contributed by atoms with Crippen LogP contribution in [0.4, 0.5) is 5.69 Å². The second-order valence-electron chi connectivity index (χ2n) is 10.5. The maximum absolute atomic E-state index is 13.1. The van der Waals surface area contributed by atoms with Crippen LogP contribution in [0.1, 0.15) is 77.6 Å². The molecule has 2 amide bonds. The van der Waals surface area contributed by atoms with Crippen molar-refractivity contribution in [2.75, 3.05) is 18.4 Å². The molecule has 1 aromatic heterocycles. The Bertz CT molecular complexity index is 1340. The average molecular weight is 496 g/mol. The zero-order valence-corrected chi connectivity index (χ0v) is 21.9. The van der Waals surface area contributed by atoms with E-state index in [2.05, 4.69) is 21.8 Å². The van der Waals surface area contributed by atoms with E-state index >= 15 is 0 Å². The summed E-state index contributed by atoms with van der Waals surface area (Å²) in [4.78, 5) is 30.2. The van der Waals surface area contributed by atoms with Crippen molar-refractivity contribution >= 4 is 17.5 Å². The lowest BCUT2D eigenvalue weighted by Gasteiger charge is -2.26. The molecule has 1 aliphatic heterocycles. The molecule has 0 aliphatic carbocycles. The summed E-state index contributed by atoms with van der Waals surface area (Å²) in [5, 5.41) is 14.3. The molecule has 190 valence electrons. The third kappa shape index (κ3) is 6.41. The Hall–Kier alpha value is -4.02. The molecule has 37 heavy (non-hydrogen) atoms. The van der Waals surface area contributed by atoms with E-state index in [4.69, 9.17) is 0 Å². The molecule has 3 aromatic rings. The van der Waals surface area contributed by atoms with E-state index in [9.17, 15) is 14.9 Å². The van der Waals surface area contributed by atoms with Crippen molar-refractivity contribution in [1.82, 2.24) is 15.4 Å². The molecule has 0 atom stereocenters. The molecule has 1 aliphatic rings. The highest BCUT2D eigenvalue weighted by atomic mass is 16.2. The summed E-state index contributed by atoms with van der Waals surface area (Å²) >= 11 is 0. The van der Waals surface area contributed by atoms with Gasteiger partial charge in [-0.25, -0.2) is 5.01 Å². The molecule has 7 heteroatoms. The molecular formula is C30H33N5O2. The minimum absolute atomic E-state index is 0.112. The predicted octanol–water partition coefficient (Wildman–Crippen LogP) is 5.61. The number of hydrogen-bond donors (Lipinski definition) is 2. The summed E-state index contributed by atoms with van der Waals surface area (Å²) in [5.41, 5.74) is 8.31. The van der Waals surface area contributed by atoms with E-state index in [-0.39, 0.29) is 17.2 Å². The zero-order valence-electron chi connectivity index (χ0n) is 21.9. The number of rotatable bonds is 5. The smallest absolute Gasteiger partial charge is 0.265 e. The van der Waals surface area contributed by atoms with Gasteiger partial charge >= 0.3 is 0 Å². The first-order chi connectivity index (χ1) is 17.6. The lowest BCUT2D eigenvalue weighted by molar-refractivity contribution is 0.0750. The van der Waals surface area contributed by atoms with Gasteiger partial charge in [-0.2, -0.15) is 5.26 Å². The van der Waals surface area contributed by atoms with Gasteiger partial charge in [-0.1, -0.05) is 39.3 Å². The number of carbonyl (C=O) groups excluding carboxylic acids is 2. The molecule has 0 unspecified atom stereocenters. The number of hydrogen-bond acceptors (Lipinski definition) is 5. The van der Waals surface area contributed by atoms with E-state index in [0.717, 1.165) is 48.3 Å². The number of anilines is 1. The van der Waals surface area contributed by atoms with Crippen molar-refractivity contribution in [2.45, 2.75) is 52.4 Å². The summed E-state index contributed by atoms with van der Waals surface area (Å²) in [6.07, 6.45) is 5.02. The molecule has 7 nitrogen and oxygen atoms in total. The lowest BCUT2D eigenvalue weighted by atomic mass is 9.85. The van der Waals surface area contributed by atoms with Crippen LogP contribution in [0, 0.1) is 18.3 Å². The summed E-state index contributed by atoms with van der Waals surface area (Å²) in [6, 6.07) is 16.7. The Labute approximate surface area is 218 Å². The number of pyridine rings is 1. The molecule has 0 radical (unpaired) electrons. The summed E-state index contributed by atoms with van der Waals surface area (Å²) in [7, 11) is 0. The number of piperidine rings is 1. The molecule has 0 saturated carbocycles. The molecular weight excluding hydrogens is 462 g/mol. The number of carbonyl (C=O) groups is 2. The first-order valence-corrected chi connectivity index (χ1v) is 12.6. The fourth-order valence-electron chi connectivity index (χ4n) is 4.37. The Morgan fingerprint density at radius 3 is 2.30 bits per heavy atom. The number of amides is 2. The Balaban J connectivity index is 1.52. The highest BCUT2D eigenvalue weighted by Gasteiger charge is 2.19. The molecule has 4 rings (SSSR count). The van der Waals surface area contributed by atoms with Gasteiger partial charge in [-0.15, -0.1) is 0 Å². The normalized spacial score (nSPS) is 14.0. The van der Waals surface area contributed by atoms with Gasteiger partial charge in [-0.3, -0.25) is 20.0 Å². The first kappa shape index (κ1) is 26.1. The quantitative estimate of drug-likeness (QED) is 0.479. The van der Waals surface area contributed by atoms with Crippen molar-refractivity contribution in [3.8, 4) is 17.2 Å². The summed E-state index contributed by atoms with van der Waals surface area (Å²) in [6.45, 7) is 9.80. The van der Waals surface area contributed by atoms with Crippen LogP contribution in [0.25, 0.3) is 11.1 Å². The number of nitrogens with one attached hydrogen (secondary N) is 2. The van der Waals surface area contributed by atoms with Gasteiger partial charge in [0.05, 0.1) is 23.5 Å². The van der Waals surface area contributed by atoms with Crippen LogP contribution in [0.2, 0.25) is 0 Å². The Kier molecular flexibility index (Phi) is 7.70. The largest absolute Gasteiger partial charge is 0.321 e. The molecule has 0 spiro atoms. The van der Waals surface area contributed by atoms with E-state index in [1.54, 1.807) is 24.4 Å². The monoisotopic (exact) mass is 495 g/mol. The van der Waals surface area contributed by atoms with Crippen LogP contribution in [0.3, 0.4) is 0 Å². The third-order valence-electron chi connectivity index (χ3n) is 6.61. The van der Waals surface area contributed by atoms with Crippen LogP contribution in [0.5, 0.6) is 0 Å². The number of aryl methyl sites for hydroxylation is 1. The van der Waals surface area contributed by atoms with Crippen LogP contribution >= 0.6 is 0 Å². The van der Waals surface area contributed by atoms with Crippen LogP contribution in [0.15, 0.2) is 54.7 Å². The van der Waals surface area contributed by atoms with Crippen LogP contribution < -0.4 is 10.7 Å². The minimum atomic E-state index is -0.302. The second-order valence-corrected chi connectivity index (χ2v) is 10.5. The second kappa shape index (κ2) is 10.9. The molecule has 1 fully saturated rings. The maximum atomic E-state index is 13.1. The van der Waals surface area contributed by atoms with Gasteiger partial charge in [-0.05, 0) is 72.7 Å². The standard InChI is InChI=1S/C30H33N5O2/c1-20-27(22-8-10-23(11-9-22)29(37)34-35-12-6-5-7-13-35)17-26(19-32-20)33-28(36)24-14-21(18-31)15-25(16-24)30(2,3)4/h8-11,14-17,19H,5-7,12-13H2,1-4H3,(H,33,36)(H,34,37). The number of benzene rings is 2. The lowest BCUT2D eigenvalue weighted by Crippen LogP contribution is -2.45. The van der Waals surface area contributed by atoms with Crippen molar-refractivity contribution in [1.29, 1.82) is 5.26 Å². The molecule has 1 saturated heterocycles. The predicted molar refractivity (Wildman–Crippen MR) is 145 cm³/mol. The highest BCUT2D eigenvalue weighted by molar-refractivity contribution is 6.05. The van der Waals surface area contributed by atoms with Crippen molar-refractivity contribution in [3.63, 3.8) is 0 Å². The van der Waals surface area contributed by atoms with E-state index in [0.29, 0.717) is 22.4 Å². The van der Waals surface area contributed by atoms with Crippen molar-refractivity contribution in [3.05, 3.63) is 82.7 Å². The van der Waals surface area contributed by atoms with E-state index in [1.165, 1.54) is 6.42 Å². The van der Waals surface area contributed by atoms with Gasteiger partial charge in [0.1, 0.15) is 0 Å². The number of aromatic nitrogens is 1. The SMILES string of the molecule is Cc1ncc(NC(=O)c2cc(C#N)cc(C(C)(C)C)c2)cc1-c1ccc(C(=O)NN2CCCCC2)cc1. The summed E-state index contributed by atoms with van der Waals surface area (Å²) in [5.74, 6) is -0.414. The van der Waals surface area contributed by atoms with Crippen molar-refractivity contribution < 1.29 is 9.59 Å². The van der Waals surface area contributed by atoms with Gasteiger partial charge < -0.3 is 5.32 Å². The Morgan fingerprint density at radius 2 is 1.65 bits per heavy atom. The average Bonchev–Trinajstić information content (AvgIpc) is 2.89. The fourth-order valence-corrected chi connectivity index (χ4v) is 4.37.